The van der Waals surface area contributed by atoms with Crippen molar-refractivity contribution in [2.24, 2.45) is 5.92 Å². The van der Waals surface area contributed by atoms with E-state index in [0.717, 1.165) is 25.3 Å². The summed E-state index contributed by atoms with van der Waals surface area (Å²) in [6, 6.07) is 1.69. The molecule has 0 aliphatic carbocycles. The lowest BCUT2D eigenvalue weighted by atomic mass is 9.99. The molecule has 0 bridgehead atoms. The fraction of sp³-hybridized carbons (Fsp3) is 0.619. The van der Waals surface area contributed by atoms with E-state index in [2.05, 4.69) is 5.32 Å². The maximum absolute atomic E-state index is 13.7. The second kappa shape index (κ2) is 11.6. The molecule has 7 nitrogen and oxygen atoms in total. The maximum Gasteiger partial charge on any atom is 0.419 e. The Labute approximate surface area is 184 Å². The number of nitrogens with one attached hydrogen (secondary N) is 1. The number of hydrogen-bond donors (Lipinski definition) is 2. The number of alkyl halides is 3. The number of aliphatic hydroxyl groups is 1. The van der Waals surface area contributed by atoms with Crippen LogP contribution in [0, 0.1) is 11.7 Å². The van der Waals surface area contributed by atoms with Gasteiger partial charge in [-0.15, -0.1) is 0 Å². The molecule has 2 heterocycles. The summed E-state index contributed by atoms with van der Waals surface area (Å²) >= 11 is 0. The highest BCUT2D eigenvalue weighted by Crippen LogP contribution is 2.32. The zero-order valence-corrected chi connectivity index (χ0v) is 18.1. The summed E-state index contributed by atoms with van der Waals surface area (Å²) in [5.41, 5.74) is -1.42. The van der Waals surface area contributed by atoms with Gasteiger partial charge in [-0.25, -0.2) is 4.39 Å². The molecule has 0 aromatic heterocycles. The Morgan fingerprint density at radius 1 is 1.31 bits per heavy atom. The number of amides is 2. The van der Waals surface area contributed by atoms with Gasteiger partial charge in [0.05, 0.1) is 17.7 Å². The molecule has 0 spiro atoms. The van der Waals surface area contributed by atoms with Crippen molar-refractivity contribution in [1.82, 2.24) is 9.80 Å². The van der Waals surface area contributed by atoms with Gasteiger partial charge in [0, 0.05) is 46.1 Å². The zero-order chi connectivity index (χ0) is 23.9. The van der Waals surface area contributed by atoms with Gasteiger partial charge >= 0.3 is 6.18 Å². The minimum Gasteiger partial charge on any atom is -0.392 e. The monoisotopic (exact) mass is 463 g/mol. The van der Waals surface area contributed by atoms with E-state index in [9.17, 15) is 32.3 Å². The Morgan fingerprint density at radius 3 is 2.47 bits per heavy atom. The van der Waals surface area contributed by atoms with Crippen LogP contribution in [-0.2, 0) is 20.5 Å². The summed E-state index contributed by atoms with van der Waals surface area (Å²) < 4.78 is 56.9. The molecule has 2 amide bonds. The fourth-order valence-electron chi connectivity index (χ4n) is 3.66. The number of anilines is 1. The minimum absolute atomic E-state index is 0.0436. The normalized spacial score (nSPS) is 22.1. The summed E-state index contributed by atoms with van der Waals surface area (Å²) in [6.45, 7) is 2.34. The molecule has 2 fully saturated rings. The van der Waals surface area contributed by atoms with Crippen LogP contribution >= 0.6 is 0 Å². The Bertz CT molecular complexity index is 770. The summed E-state index contributed by atoms with van der Waals surface area (Å²) in [5.74, 6) is -1.54. The summed E-state index contributed by atoms with van der Waals surface area (Å²) in [4.78, 5) is 25.3. The molecule has 3 rings (SSSR count). The van der Waals surface area contributed by atoms with Gasteiger partial charge in [0.2, 0.25) is 12.3 Å². The van der Waals surface area contributed by atoms with E-state index in [-0.39, 0.29) is 12.1 Å². The van der Waals surface area contributed by atoms with Crippen molar-refractivity contribution in [2.45, 2.75) is 37.6 Å². The third kappa shape index (κ3) is 7.72. The van der Waals surface area contributed by atoms with Gasteiger partial charge in [0.1, 0.15) is 5.82 Å². The quantitative estimate of drug-likeness (QED) is 0.518. The van der Waals surface area contributed by atoms with Crippen LogP contribution in [0.1, 0.15) is 24.8 Å². The molecule has 0 saturated carbocycles. The van der Waals surface area contributed by atoms with Crippen LogP contribution in [0.3, 0.4) is 0 Å². The number of benzene rings is 1. The van der Waals surface area contributed by atoms with Crippen LogP contribution in [0.4, 0.5) is 23.2 Å². The summed E-state index contributed by atoms with van der Waals surface area (Å²) in [6.07, 6.45) is -2.69. The molecule has 1 aromatic rings. The van der Waals surface area contributed by atoms with Gasteiger partial charge in [-0.05, 0) is 43.4 Å². The van der Waals surface area contributed by atoms with Gasteiger partial charge in [-0.2, -0.15) is 13.2 Å². The number of carbonyl (C=O) groups excluding carboxylic acids is 2. The first kappa shape index (κ1) is 26.0. The first-order valence-electron chi connectivity index (χ1n) is 10.3. The Morgan fingerprint density at radius 2 is 1.94 bits per heavy atom. The fourth-order valence-corrected chi connectivity index (χ4v) is 3.66. The van der Waals surface area contributed by atoms with Gasteiger partial charge in [-0.1, -0.05) is 0 Å². The summed E-state index contributed by atoms with van der Waals surface area (Å²) in [5, 5.41) is 12.4. The van der Waals surface area contributed by atoms with Crippen molar-refractivity contribution in [3.63, 3.8) is 0 Å². The number of halogens is 4. The average molecular weight is 463 g/mol. The predicted octanol–water partition coefficient (Wildman–Crippen LogP) is 2.35. The summed E-state index contributed by atoms with van der Waals surface area (Å²) in [7, 11) is 3.38. The molecule has 2 atom stereocenters. The molecule has 2 aliphatic heterocycles. The van der Waals surface area contributed by atoms with E-state index in [0.29, 0.717) is 44.4 Å². The van der Waals surface area contributed by atoms with Crippen molar-refractivity contribution >= 4 is 18.0 Å². The van der Waals surface area contributed by atoms with E-state index in [1.807, 2.05) is 4.90 Å². The van der Waals surface area contributed by atoms with Gasteiger partial charge in [-0.3, -0.25) is 14.5 Å². The van der Waals surface area contributed by atoms with Crippen molar-refractivity contribution in [1.29, 1.82) is 0 Å². The first-order valence-corrected chi connectivity index (χ1v) is 10.3. The average Bonchev–Trinajstić information content (AvgIpc) is 3.08. The highest BCUT2D eigenvalue weighted by molar-refractivity contribution is 5.95. The topological polar surface area (TPSA) is 82.1 Å². The number of rotatable bonds is 5. The van der Waals surface area contributed by atoms with E-state index < -0.39 is 35.6 Å². The molecule has 0 radical (unpaired) electrons. The number of β-amino-alcohol motifs (C(OH)–C–C–N with tert-alkyl or cyclic N) is 1. The van der Waals surface area contributed by atoms with E-state index in [1.165, 1.54) is 4.90 Å². The predicted molar refractivity (Wildman–Crippen MR) is 109 cm³/mol. The van der Waals surface area contributed by atoms with Crippen molar-refractivity contribution < 1.29 is 37.0 Å². The first-order chi connectivity index (χ1) is 15.0. The number of nitrogens with zero attached hydrogens (tertiary/aromatic N) is 2. The van der Waals surface area contributed by atoms with Crippen molar-refractivity contribution in [3.05, 3.63) is 29.6 Å². The Kier molecular flexibility index (Phi) is 9.41. The number of ether oxygens (including phenoxy) is 1. The molecule has 2 N–H and O–H groups in total. The second-order valence-electron chi connectivity index (χ2n) is 8.17. The Balaban J connectivity index is 0.000000654. The molecule has 32 heavy (non-hydrogen) atoms. The van der Waals surface area contributed by atoms with Crippen molar-refractivity contribution in [3.8, 4) is 0 Å². The molecule has 0 unspecified atom stereocenters. The third-order valence-electron chi connectivity index (χ3n) is 5.27. The smallest absolute Gasteiger partial charge is 0.392 e. The number of likely N-dealkylation sites (tertiary alicyclic amines) is 1. The van der Waals surface area contributed by atoms with Gasteiger partial charge in [0.25, 0.3) is 0 Å². The van der Waals surface area contributed by atoms with E-state index >= 15 is 0 Å². The number of aliphatic hydroxyl groups excluding tert-OH is 1. The minimum atomic E-state index is -4.79. The number of carbonyl (C=O) groups is 2. The zero-order valence-electron chi connectivity index (χ0n) is 18.1. The molecular formula is C21H29F4N3O4. The molecule has 1 aromatic carbocycles. The van der Waals surface area contributed by atoms with Gasteiger partial charge in [0.15, 0.2) is 0 Å². The lowest BCUT2D eigenvalue weighted by Crippen LogP contribution is -2.42. The molecular weight excluding hydrogens is 434 g/mol. The third-order valence-corrected chi connectivity index (χ3v) is 5.27. The van der Waals surface area contributed by atoms with Crippen LogP contribution in [0.5, 0.6) is 0 Å². The highest BCUT2D eigenvalue weighted by Gasteiger charge is 2.38. The van der Waals surface area contributed by atoms with Crippen LogP contribution in [0.25, 0.3) is 0 Å². The van der Waals surface area contributed by atoms with Crippen LogP contribution in [0.2, 0.25) is 0 Å². The van der Waals surface area contributed by atoms with Gasteiger partial charge < -0.3 is 20.1 Å². The SMILES string of the molecule is CN(C)C=O.O=C(Nc1ccc(C(F)(F)F)c(F)c1)[C@@H]1C[C@H](O)CN1CC1CCOCC1. The van der Waals surface area contributed by atoms with E-state index in [4.69, 9.17) is 4.74 Å². The van der Waals surface area contributed by atoms with E-state index in [1.54, 1.807) is 14.1 Å². The van der Waals surface area contributed by atoms with Crippen LogP contribution < -0.4 is 5.32 Å². The Hall–Kier alpha value is -2.24. The lowest BCUT2D eigenvalue weighted by Gasteiger charge is -2.30. The van der Waals surface area contributed by atoms with Crippen LogP contribution in [0.15, 0.2) is 18.2 Å². The van der Waals surface area contributed by atoms with Crippen LogP contribution in [-0.4, -0.2) is 79.8 Å². The number of hydrogen-bond acceptors (Lipinski definition) is 5. The van der Waals surface area contributed by atoms with Crippen molar-refractivity contribution in [2.75, 3.05) is 45.7 Å². The lowest BCUT2D eigenvalue weighted by molar-refractivity contribution is -0.140. The molecule has 2 saturated heterocycles. The standard InChI is InChI=1S/C18H22F4N2O3.C3H7NO/c19-15-7-12(1-2-14(15)18(20,21)22)23-17(26)16-8-13(25)10-24(16)9-11-3-5-27-6-4-11;1-4(2)3-5/h1-2,7,11,13,16,25H,3-6,8-10H2,(H,23,26);3H,1-2H3/t13-,16-;/m0./s1. The largest absolute Gasteiger partial charge is 0.419 e. The molecule has 2 aliphatic rings. The maximum atomic E-state index is 13.7. The highest BCUT2D eigenvalue weighted by atomic mass is 19.4. The molecule has 180 valence electrons. The molecule has 11 heteroatoms. The second-order valence-corrected chi connectivity index (χ2v) is 8.17.